The lowest BCUT2D eigenvalue weighted by molar-refractivity contribution is 0.223. The van der Waals surface area contributed by atoms with Crippen LogP contribution < -0.4 is 0 Å². The summed E-state index contributed by atoms with van der Waals surface area (Å²) >= 11 is 0. The maximum atomic E-state index is 8.13. The normalized spacial score (nSPS) is 20.8. The first-order valence-corrected chi connectivity index (χ1v) is 3.34. The fourth-order valence-electron chi connectivity index (χ4n) is 1.11. The molecule has 1 rings (SSSR count). The quantitative estimate of drug-likeness (QED) is 0.501. The van der Waals surface area contributed by atoms with Gasteiger partial charge < -0.3 is 4.74 Å². The molecule has 0 atom stereocenters. The summed E-state index contributed by atoms with van der Waals surface area (Å²) in [5.41, 5.74) is 0. The van der Waals surface area contributed by atoms with E-state index in [0.717, 1.165) is 18.9 Å². The lowest BCUT2D eigenvalue weighted by Crippen LogP contribution is -2.04. The maximum Gasteiger partial charge on any atom is 0.287 e. The SMILES string of the molecule is N#CO[C]1CCCCC1. The van der Waals surface area contributed by atoms with Crippen molar-refractivity contribution in [1.82, 2.24) is 0 Å². The van der Waals surface area contributed by atoms with Gasteiger partial charge in [0.15, 0.2) is 6.10 Å². The molecule has 49 valence electrons. The zero-order chi connectivity index (χ0) is 6.53. The van der Waals surface area contributed by atoms with E-state index >= 15 is 0 Å². The first-order valence-electron chi connectivity index (χ1n) is 3.34. The summed E-state index contributed by atoms with van der Waals surface area (Å²) in [6, 6.07) is 0. The molecule has 0 bridgehead atoms. The summed E-state index contributed by atoms with van der Waals surface area (Å²) in [6.07, 6.45) is 8.34. The van der Waals surface area contributed by atoms with Crippen LogP contribution in [0.25, 0.3) is 0 Å². The zero-order valence-corrected chi connectivity index (χ0v) is 5.39. The molecule has 0 spiro atoms. The van der Waals surface area contributed by atoms with E-state index < -0.39 is 0 Å². The number of ether oxygens (including phenoxy) is 1. The molecule has 1 saturated carbocycles. The van der Waals surface area contributed by atoms with Crippen LogP contribution in [0.4, 0.5) is 0 Å². The summed E-state index contributed by atoms with van der Waals surface area (Å²) in [4.78, 5) is 0. The Morgan fingerprint density at radius 3 is 2.44 bits per heavy atom. The highest BCUT2D eigenvalue weighted by atomic mass is 16.5. The molecule has 0 amide bonds. The Bertz CT molecular complexity index is 111. The predicted octanol–water partition coefficient (Wildman–Crippen LogP) is 1.98. The van der Waals surface area contributed by atoms with Crippen LogP contribution in [0.1, 0.15) is 32.1 Å². The van der Waals surface area contributed by atoms with E-state index in [4.69, 9.17) is 10.00 Å². The third kappa shape index (κ3) is 1.93. The van der Waals surface area contributed by atoms with Gasteiger partial charge in [-0.3, -0.25) is 0 Å². The van der Waals surface area contributed by atoms with Gasteiger partial charge in [-0.15, -0.1) is 0 Å². The third-order valence-corrected chi connectivity index (χ3v) is 1.60. The minimum atomic E-state index is 0.976. The molecule has 0 heterocycles. The Morgan fingerprint density at radius 1 is 1.22 bits per heavy atom. The van der Waals surface area contributed by atoms with E-state index in [9.17, 15) is 0 Å². The molecule has 0 aromatic carbocycles. The lowest BCUT2D eigenvalue weighted by Gasteiger charge is -2.16. The number of hydrogen-bond acceptors (Lipinski definition) is 2. The largest absolute Gasteiger partial charge is 0.417 e. The van der Waals surface area contributed by atoms with Gasteiger partial charge in [-0.25, -0.2) is 0 Å². The van der Waals surface area contributed by atoms with Crippen LogP contribution in [-0.4, -0.2) is 0 Å². The molecule has 0 aromatic heterocycles. The minimum Gasteiger partial charge on any atom is -0.417 e. The summed E-state index contributed by atoms with van der Waals surface area (Å²) < 4.78 is 4.70. The van der Waals surface area contributed by atoms with Gasteiger partial charge >= 0.3 is 0 Å². The van der Waals surface area contributed by atoms with Crippen molar-refractivity contribution >= 4 is 0 Å². The van der Waals surface area contributed by atoms with Gasteiger partial charge in [0.25, 0.3) is 6.26 Å². The van der Waals surface area contributed by atoms with Crippen LogP contribution in [0.2, 0.25) is 0 Å². The molecule has 2 nitrogen and oxygen atoms in total. The van der Waals surface area contributed by atoms with Crippen molar-refractivity contribution in [2.75, 3.05) is 0 Å². The van der Waals surface area contributed by atoms with Gasteiger partial charge in [0, 0.05) is 0 Å². The van der Waals surface area contributed by atoms with Crippen LogP contribution >= 0.6 is 0 Å². The monoisotopic (exact) mass is 124 g/mol. The first kappa shape index (κ1) is 6.41. The first-order chi connectivity index (χ1) is 4.43. The Labute approximate surface area is 55.4 Å². The average Bonchev–Trinajstić information content (AvgIpc) is 1.91. The van der Waals surface area contributed by atoms with E-state index in [2.05, 4.69) is 0 Å². The van der Waals surface area contributed by atoms with Gasteiger partial charge in [-0.05, 0) is 25.7 Å². The molecule has 2 heteroatoms. The smallest absolute Gasteiger partial charge is 0.287 e. The molecule has 1 aliphatic rings. The fraction of sp³-hybridized carbons (Fsp3) is 0.714. The van der Waals surface area contributed by atoms with Crippen molar-refractivity contribution in [1.29, 1.82) is 5.26 Å². The molecule has 1 radical (unpaired) electrons. The lowest BCUT2D eigenvalue weighted by atomic mass is 9.98. The second-order valence-corrected chi connectivity index (χ2v) is 2.29. The molecule has 1 fully saturated rings. The summed E-state index contributed by atoms with van der Waals surface area (Å²) in [6.45, 7) is 0. The minimum absolute atomic E-state index is 0.976. The van der Waals surface area contributed by atoms with E-state index in [1.54, 1.807) is 6.26 Å². The van der Waals surface area contributed by atoms with Crippen LogP contribution in [0.5, 0.6) is 0 Å². The van der Waals surface area contributed by atoms with E-state index in [0.29, 0.717) is 0 Å². The molecular formula is C7H10NO. The van der Waals surface area contributed by atoms with E-state index in [1.165, 1.54) is 19.3 Å². The van der Waals surface area contributed by atoms with Crippen LogP contribution in [0.15, 0.2) is 0 Å². The van der Waals surface area contributed by atoms with E-state index in [1.807, 2.05) is 0 Å². The molecule has 0 aliphatic heterocycles. The Morgan fingerprint density at radius 2 is 1.89 bits per heavy atom. The van der Waals surface area contributed by atoms with Gasteiger partial charge in [-0.1, -0.05) is 6.42 Å². The van der Waals surface area contributed by atoms with Crippen molar-refractivity contribution in [3.63, 3.8) is 0 Å². The highest BCUT2D eigenvalue weighted by Gasteiger charge is 2.14. The highest BCUT2D eigenvalue weighted by Crippen LogP contribution is 2.25. The molecule has 0 aromatic rings. The van der Waals surface area contributed by atoms with Crippen LogP contribution in [-0.2, 0) is 4.74 Å². The van der Waals surface area contributed by atoms with Gasteiger partial charge in [0.1, 0.15) is 0 Å². The third-order valence-electron chi connectivity index (χ3n) is 1.60. The summed E-state index contributed by atoms with van der Waals surface area (Å²) in [5, 5.41) is 8.13. The van der Waals surface area contributed by atoms with Crippen LogP contribution in [0.3, 0.4) is 0 Å². The van der Waals surface area contributed by atoms with Crippen molar-refractivity contribution in [3.05, 3.63) is 6.10 Å². The topological polar surface area (TPSA) is 33.0 Å². The summed E-state index contributed by atoms with van der Waals surface area (Å²) in [5.74, 6) is 0. The zero-order valence-electron chi connectivity index (χ0n) is 5.39. The van der Waals surface area contributed by atoms with Crippen molar-refractivity contribution in [2.45, 2.75) is 32.1 Å². The maximum absolute atomic E-state index is 8.13. The number of rotatable bonds is 1. The molecule has 0 saturated heterocycles. The highest BCUT2D eigenvalue weighted by molar-refractivity contribution is 4.84. The number of nitrogens with zero attached hydrogens (tertiary/aromatic N) is 1. The Balaban J connectivity index is 2.17. The van der Waals surface area contributed by atoms with Gasteiger partial charge in [-0.2, -0.15) is 5.26 Å². The second-order valence-electron chi connectivity index (χ2n) is 2.29. The predicted molar refractivity (Wildman–Crippen MR) is 33.0 cm³/mol. The second kappa shape index (κ2) is 3.34. The molecule has 0 N–H and O–H groups in total. The Hall–Kier alpha value is -0.710. The van der Waals surface area contributed by atoms with Crippen molar-refractivity contribution < 1.29 is 4.74 Å². The van der Waals surface area contributed by atoms with Gasteiger partial charge in [0.05, 0.1) is 0 Å². The Kier molecular flexibility index (Phi) is 2.38. The van der Waals surface area contributed by atoms with E-state index in [-0.39, 0.29) is 0 Å². The molecular weight excluding hydrogens is 114 g/mol. The molecule has 9 heavy (non-hydrogen) atoms. The van der Waals surface area contributed by atoms with Crippen LogP contribution in [0, 0.1) is 17.6 Å². The number of hydrogen-bond donors (Lipinski definition) is 0. The number of nitriles is 1. The van der Waals surface area contributed by atoms with Gasteiger partial charge in [0.2, 0.25) is 0 Å². The fourth-order valence-corrected chi connectivity index (χ4v) is 1.11. The van der Waals surface area contributed by atoms with Crippen molar-refractivity contribution in [3.8, 4) is 6.26 Å². The summed E-state index contributed by atoms with van der Waals surface area (Å²) in [7, 11) is 0. The standard InChI is InChI=1S/C7H10NO/c8-6-9-7-4-2-1-3-5-7/h1-5H2. The molecule has 1 aliphatic carbocycles. The average molecular weight is 124 g/mol. The molecule has 0 unspecified atom stereocenters. The van der Waals surface area contributed by atoms with Crippen molar-refractivity contribution in [2.24, 2.45) is 0 Å².